The highest BCUT2D eigenvalue weighted by molar-refractivity contribution is 6.11. The van der Waals surface area contributed by atoms with Crippen LogP contribution >= 0.6 is 0 Å². The molecule has 1 heterocycles. The molecule has 2 aliphatic carbocycles. The molecule has 0 spiro atoms. The lowest BCUT2D eigenvalue weighted by Gasteiger charge is -2.20. The molecule has 0 fully saturated rings. The Balaban J connectivity index is 1.42. The minimum atomic E-state index is 1.08. The molecule has 1 heteroatoms. The maximum Gasteiger partial charge on any atom is 0.0538 e. The largest absolute Gasteiger partial charge is 0.313 e. The van der Waals surface area contributed by atoms with Crippen LogP contribution in [0.1, 0.15) is 24.0 Å². The standard InChI is InChI=1S/C32H25N/c1-2-9-26(10-3-1)33-31-13-7-6-12-28(31)30-21-25(18-19-32(30)33)24-17-16-23-15-14-22-8-4-5-11-27(22)29(23)20-24/h1-2,4-9,11-13,16-21H,3,10,14-15H2. The average Bonchev–Trinajstić information content (AvgIpc) is 3.22. The van der Waals surface area contributed by atoms with Crippen molar-refractivity contribution < 1.29 is 0 Å². The first kappa shape index (κ1) is 18.7. The van der Waals surface area contributed by atoms with E-state index in [4.69, 9.17) is 0 Å². The summed E-state index contributed by atoms with van der Waals surface area (Å²) in [5.74, 6) is 0. The van der Waals surface area contributed by atoms with Crippen molar-refractivity contribution in [3.8, 4) is 22.3 Å². The number of rotatable bonds is 2. The van der Waals surface area contributed by atoms with Gasteiger partial charge in [-0.15, -0.1) is 0 Å². The van der Waals surface area contributed by atoms with Gasteiger partial charge < -0.3 is 4.57 Å². The van der Waals surface area contributed by atoms with E-state index in [2.05, 4.69) is 108 Å². The summed E-state index contributed by atoms with van der Waals surface area (Å²) in [6.07, 6.45) is 11.2. The van der Waals surface area contributed by atoms with Crippen LogP contribution in [0.4, 0.5) is 0 Å². The lowest BCUT2D eigenvalue weighted by Crippen LogP contribution is -2.03. The molecule has 0 radical (unpaired) electrons. The summed E-state index contributed by atoms with van der Waals surface area (Å²) < 4.78 is 2.46. The molecule has 158 valence electrons. The van der Waals surface area contributed by atoms with Gasteiger partial charge in [0.25, 0.3) is 0 Å². The summed E-state index contributed by atoms with van der Waals surface area (Å²) in [4.78, 5) is 0. The van der Waals surface area contributed by atoms with E-state index in [0.29, 0.717) is 0 Å². The minimum absolute atomic E-state index is 1.08. The van der Waals surface area contributed by atoms with Crippen molar-refractivity contribution in [1.82, 2.24) is 4.57 Å². The number of allylic oxidation sites excluding steroid dienone is 4. The lowest BCUT2D eigenvalue weighted by molar-refractivity contribution is 0.942. The predicted octanol–water partition coefficient (Wildman–Crippen LogP) is 8.42. The Bertz CT molecular complexity index is 1610. The summed E-state index contributed by atoms with van der Waals surface area (Å²) in [6, 6.07) is 31.8. The summed E-state index contributed by atoms with van der Waals surface area (Å²) in [7, 11) is 0. The van der Waals surface area contributed by atoms with Gasteiger partial charge in [-0.3, -0.25) is 0 Å². The van der Waals surface area contributed by atoms with E-state index in [-0.39, 0.29) is 0 Å². The molecule has 0 aliphatic heterocycles. The molecular weight excluding hydrogens is 398 g/mol. The first-order chi connectivity index (χ1) is 16.4. The maximum atomic E-state index is 2.46. The zero-order chi connectivity index (χ0) is 21.8. The minimum Gasteiger partial charge on any atom is -0.313 e. The topological polar surface area (TPSA) is 4.93 Å². The van der Waals surface area contributed by atoms with Crippen molar-refractivity contribution in [1.29, 1.82) is 0 Å². The molecule has 0 bridgehead atoms. The fraction of sp³-hybridized carbons (Fsp3) is 0.125. The Hall–Kier alpha value is -3.84. The van der Waals surface area contributed by atoms with E-state index in [9.17, 15) is 0 Å². The number of para-hydroxylation sites is 1. The number of fused-ring (bicyclic) bond motifs is 6. The fourth-order valence-corrected chi connectivity index (χ4v) is 5.73. The Labute approximate surface area is 194 Å². The molecule has 0 saturated heterocycles. The van der Waals surface area contributed by atoms with Crippen LogP contribution in [0, 0.1) is 0 Å². The van der Waals surface area contributed by atoms with Gasteiger partial charge in [0.1, 0.15) is 0 Å². The first-order valence-corrected chi connectivity index (χ1v) is 12.0. The van der Waals surface area contributed by atoms with Crippen LogP contribution in [-0.2, 0) is 12.8 Å². The van der Waals surface area contributed by atoms with Gasteiger partial charge >= 0.3 is 0 Å². The number of aromatic nitrogens is 1. The zero-order valence-electron chi connectivity index (χ0n) is 18.6. The van der Waals surface area contributed by atoms with Crippen LogP contribution < -0.4 is 0 Å². The van der Waals surface area contributed by atoms with Gasteiger partial charge in [0.2, 0.25) is 0 Å². The summed E-state index contributed by atoms with van der Waals surface area (Å²) in [5.41, 5.74) is 12.3. The zero-order valence-corrected chi connectivity index (χ0v) is 18.6. The molecule has 2 aliphatic rings. The Morgan fingerprint density at radius 1 is 0.576 bits per heavy atom. The van der Waals surface area contributed by atoms with Gasteiger partial charge in [-0.05, 0) is 89.4 Å². The van der Waals surface area contributed by atoms with E-state index < -0.39 is 0 Å². The number of hydrogen-bond donors (Lipinski definition) is 0. The molecule has 5 aromatic rings. The monoisotopic (exact) mass is 423 g/mol. The predicted molar refractivity (Wildman–Crippen MR) is 140 cm³/mol. The highest BCUT2D eigenvalue weighted by Crippen LogP contribution is 2.39. The second-order valence-electron chi connectivity index (χ2n) is 9.24. The number of hydrogen-bond acceptors (Lipinski definition) is 0. The second kappa shape index (κ2) is 7.35. The molecule has 0 N–H and O–H groups in total. The van der Waals surface area contributed by atoms with Crippen LogP contribution in [-0.4, -0.2) is 4.57 Å². The van der Waals surface area contributed by atoms with E-state index >= 15 is 0 Å². The van der Waals surface area contributed by atoms with Gasteiger partial charge in [-0.2, -0.15) is 0 Å². The van der Waals surface area contributed by atoms with Gasteiger partial charge in [0.15, 0.2) is 0 Å². The van der Waals surface area contributed by atoms with E-state index in [0.717, 1.165) is 25.7 Å². The summed E-state index contributed by atoms with van der Waals surface area (Å²) in [6.45, 7) is 0. The fourth-order valence-electron chi connectivity index (χ4n) is 5.73. The van der Waals surface area contributed by atoms with Gasteiger partial charge in [-0.25, -0.2) is 0 Å². The molecule has 0 saturated carbocycles. The third kappa shape index (κ3) is 2.93. The summed E-state index contributed by atoms with van der Waals surface area (Å²) in [5, 5.41) is 2.66. The average molecular weight is 424 g/mol. The Kier molecular flexibility index (Phi) is 4.17. The van der Waals surface area contributed by atoms with Crippen molar-refractivity contribution >= 4 is 27.5 Å². The third-order valence-electron chi connectivity index (χ3n) is 7.37. The molecule has 1 aromatic heterocycles. The Morgan fingerprint density at radius 3 is 2.24 bits per heavy atom. The first-order valence-electron chi connectivity index (χ1n) is 12.0. The van der Waals surface area contributed by atoms with E-state index in [1.165, 1.54) is 60.9 Å². The van der Waals surface area contributed by atoms with Crippen molar-refractivity contribution in [2.24, 2.45) is 0 Å². The SMILES string of the molecule is C1=CCCC(n2c3ccccc3c3cc(-c4ccc5c(c4)-c4ccccc4CC5)ccc32)=C1. The Morgan fingerprint density at radius 2 is 1.33 bits per heavy atom. The quantitative estimate of drug-likeness (QED) is 0.268. The second-order valence-corrected chi connectivity index (χ2v) is 9.24. The molecular formula is C32H25N. The highest BCUT2D eigenvalue weighted by Gasteiger charge is 2.18. The molecule has 7 rings (SSSR count). The maximum absolute atomic E-state index is 2.46. The van der Waals surface area contributed by atoms with Crippen LogP contribution in [0.15, 0.2) is 103 Å². The number of benzene rings is 4. The van der Waals surface area contributed by atoms with Gasteiger partial charge in [0, 0.05) is 16.5 Å². The molecule has 0 unspecified atom stereocenters. The van der Waals surface area contributed by atoms with Gasteiger partial charge in [-0.1, -0.05) is 72.8 Å². The number of aryl methyl sites for hydroxylation is 2. The van der Waals surface area contributed by atoms with Crippen LogP contribution in [0.2, 0.25) is 0 Å². The van der Waals surface area contributed by atoms with Crippen LogP contribution in [0.25, 0.3) is 49.8 Å². The summed E-state index contributed by atoms with van der Waals surface area (Å²) >= 11 is 0. The van der Waals surface area contributed by atoms with Crippen LogP contribution in [0.3, 0.4) is 0 Å². The molecule has 4 aromatic carbocycles. The third-order valence-corrected chi connectivity index (χ3v) is 7.37. The highest BCUT2D eigenvalue weighted by atomic mass is 15.0. The van der Waals surface area contributed by atoms with Crippen LogP contribution in [0.5, 0.6) is 0 Å². The van der Waals surface area contributed by atoms with Crippen molar-refractivity contribution in [3.63, 3.8) is 0 Å². The lowest BCUT2D eigenvalue weighted by atomic mass is 9.84. The molecule has 0 atom stereocenters. The number of nitrogens with zero attached hydrogens (tertiary/aromatic N) is 1. The molecule has 0 amide bonds. The van der Waals surface area contributed by atoms with Gasteiger partial charge in [0.05, 0.1) is 11.0 Å². The van der Waals surface area contributed by atoms with Crippen molar-refractivity contribution in [2.75, 3.05) is 0 Å². The molecule has 1 nitrogen and oxygen atoms in total. The van der Waals surface area contributed by atoms with E-state index in [1.807, 2.05) is 0 Å². The smallest absolute Gasteiger partial charge is 0.0538 e. The van der Waals surface area contributed by atoms with Crippen molar-refractivity contribution in [3.05, 3.63) is 114 Å². The molecule has 33 heavy (non-hydrogen) atoms. The normalized spacial score (nSPS) is 14.8. The van der Waals surface area contributed by atoms with Crippen molar-refractivity contribution in [2.45, 2.75) is 25.7 Å². The van der Waals surface area contributed by atoms with E-state index in [1.54, 1.807) is 0 Å².